The van der Waals surface area contributed by atoms with Crippen molar-refractivity contribution >= 4 is 39.3 Å². The Labute approximate surface area is 136 Å². The number of carbonyl (C=O) groups is 1. The van der Waals surface area contributed by atoms with Gasteiger partial charge in [0.05, 0.1) is 18.9 Å². The van der Waals surface area contributed by atoms with E-state index >= 15 is 0 Å². The molecule has 0 spiro atoms. The van der Waals surface area contributed by atoms with E-state index in [0.29, 0.717) is 17.3 Å². The summed E-state index contributed by atoms with van der Waals surface area (Å²) in [5, 5.41) is 1.47. The number of hydrogen-bond donors (Lipinski definition) is 0. The molecule has 22 heavy (non-hydrogen) atoms. The number of rotatable bonds is 4. The average Bonchev–Trinajstić information content (AvgIpc) is 2.90. The lowest BCUT2D eigenvalue weighted by Gasteiger charge is -2.10. The molecule has 0 atom stereocenters. The van der Waals surface area contributed by atoms with Gasteiger partial charge in [0, 0.05) is 17.7 Å². The van der Waals surface area contributed by atoms with Crippen molar-refractivity contribution in [3.8, 4) is 0 Å². The second-order valence-corrected chi connectivity index (χ2v) is 7.47. The van der Waals surface area contributed by atoms with Gasteiger partial charge in [-0.3, -0.25) is 14.2 Å². The van der Waals surface area contributed by atoms with Crippen LogP contribution in [0.2, 0.25) is 0 Å². The molecule has 0 bridgehead atoms. The molecule has 0 N–H and O–H groups in total. The van der Waals surface area contributed by atoms with Crippen LogP contribution in [0.1, 0.15) is 29.7 Å². The highest BCUT2D eigenvalue weighted by Crippen LogP contribution is 2.34. The van der Waals surface area contributed by atoms with Gasteiger partial charge in [-0.05, 0) is 31.2 Å². The van der Waals surface area contributed by atoms with E-state index in [9.17, 15) is 9.59 Å². The molecule has 1 aliphatic carbocycles. The van der Waals surface area contributed by atoms with Crippen molar-refractivity contribution in [3.05, 3.63) is 20.8 Å². The van der Waals surface area contributed by atoms with Crippen LogP contribution in [0.3, 0.4) is 0 Å². The van der Waals surface area contributed by atoms with Gasteiger partial charge in [-0.2, -0.15) is 0 Å². The van der Waals surface area contributed by atoms with E-state index in [2.05, 4.69) is 9.72 Å². The number of nitrogens with zero attached hydrogens (tertiary/aromatic N) is 2. The average molecular weight is 338 g/mol. The third-order valence-corrected chi connectivity index (χ3v) is 6.14. The van der Waals surface area contributed by atoms with Gasteiger partial charge in [0.2, 0.25) is 0 Å². The van der Waals surface area contributed by atoms with Crippen molar-refractivity contribution in [2.75, 3.05) is 12.9 Å². The zero-order valence-corrected chi connectivity index (χ0v) is 14.3. The molecule has 0 saturated carbocycles. The molecule has 2 aromatic rings. The second kappa shape index (κ2) is 6.42. The molecule has 0 unspecified atom stereocenters. The summed E-state index contributed by atoms with van der Waals surface area (Å²) in [4.78, 5) is 30.7. The minimum atomic E-state index is -0.245. The van der Waals surface area contributed by atoms with Crippen LogP contribution in [-0.4, -0.2) is 28.4 Å². The first-order valence-electron chi connectivity index (χ1n) is 7.32. The van der Waals surface area contributed by atoms with Gasteiger partial charge in [-0.15, -0.1) is 11.3 Å². The summed E-state index contributed by atoms with van der Waals surface area (Å²) in [6.45, 7) is 0. The SMILES string of the molecule is COC(=O)CCSc1nc2sc3c(c2c(=O)n1C)CCCC3. The summed E-state index contributed by atoms with van der Waals surface area (Å²) < 4.78 is 6.23. The van der Waals surface area contributed by atoms with Crippen LogP contribution < -0.4 is 5.56 Å². The largest absolute Gasteiger partial charge is 0.469 e. The molecular weight excluding hydrogens is 320 g/mol. The first-order chi connectivity index (χ1) is 10.6. The monoisotopic (exact) mass is 338 g/mol. The number of thioether (sulfide) groups is 1. The molecule has 0 aromatic carbocycles. The van der Waals surface area contributed by atoms with Crippen LogP contribution >= 0.6 is 23.1 Å². The standard InChI is InChI=1S/C15H18N2O3S2/c1-17-14(19)12-9-5-3-4-6-10(9)22-13(12)16-15(17)21-8-7-11(18)20-2/h3-8H2,1-2H3. The van der Waals surface area contributed by atoms with Crippen molar-refractivity contribution in [2.24, 2.45) is 7.05 Å². The Bertz CT molecular complexity index is 779. The number of carbonyl (C=O) groups excluding carboxylic acids is 1. The number of aromatic nitrogens is 2. The third kappa shape index (κ3) is 2.79. The summed E-state index contributed by atoms with van der Waals surface area (Å²) in [5.41, 5.74) is 1.25. The first kappa shape index (κ1) is 15.6. The maximum absolute atomic E-state index is 12.7. The van der Waals surface area contributed by atoms with Crippen molar-refractivity contribution in [3.63, 3.8) is 0 Å². The molecule has 2 aromatic heterocycles. The maximum atomic E-state index is 12.7. The van der Waals surface area contributed by atoms with Crippen molar-refractivity contribution in [1.29, 1.82) is 0 Å². The van der Waals surface area contributed by atoms with Gasteiger partial charge >= 0.3 is 5.97 Å². The number of esters is 1. The quantitative estimate of drug-likeness (QED) is 0.487. The van der Waals surface area contributed by atoms with E-state index < -0.39 is 0 Å². The molecule has 3 rings (SSSR count). The van der Waals surface area contributed by atoms with Gasteiger partial charge in [0.25, 0.3) is 5.56 Å². The molecule has 7 heteroatoms. The summed E-state index contributed by atoms with van der Waals surface area (Å²) >= 11 is 3.07. The Balaban J connectivity index is 1.94. The van der Waals surface area contributed by atoms with Crippen LogP contribution in [0.4, 0.5) is 0 Å². The van der Waals surface area contributed by atoms with Crippen LogP contribution in [-0.2, 0) is 29.4 Å². The van der Waals surface area contributed by atoms with E-state index in [0.717, 1.165) is 29.5 Å². The number of thiophene rings is 1. The Hall–Kier alpha value is -1.34. The molecule has 0 aliphatic heterocycles. The van der Waals surface area contributed by atoms with E-state index in [1.54, 1.807) is 23.0 Å². The van der Waals surface area contributed by atoms with Crippen molar-refractivity contribution in [2.45, 2.75) is 37.3 Å². The smallest absolute Gasteiger partial charge is 0.306 e. The lowest BCUT2D eigenvalue weighted by molar-refractivity contribution is -0.140. The van der Waals surface area contributed by atoms with E-state index in [1.165, 1.54) is 35.7 Å². The Morgan fingerprint density at radius 1 is 1.41 bits per heavy atom. The lowest BCUT2D eigenvalue weighted by atomic mass is 9.97. The fraction of sp³-hybridized carbons (Fsp3) is 0.533. The topological polar surface area (TPSA) is 61.2 Å². The van der Waals surface area contributed by atoms with Gasteiger partial charge in [-0.1, -0.05) is 11.8 Å². The van der Waals surface area contributed by atoms with E-state index in [1.807, 2.05) is 0 Å². The Kier molecular flexibility index (Phi) is 4.54. The van der Waals surface area contributed by atoms with Crippen LogP contribution in [0, 0.1) is 0 Å². The second-order valence-electron chi connectivity index (χ2n) is 5.32. The van der Waals surface area contributed by atoms with Gasteiger partial charge in [0.1, 0.15) is 4.83 Å². The van der Waals surface area contributed by atoms with Gasteiger partial charge in [0.15, 0.2) is 5.16 Å². The number of ether oxygens (including phenoxy) is 1. The summed E-state index contributed by atoms with van der Waals surface area (Å²) in [6.07, 6.45) is 4.71. The normalized spacial score (nSPS) is 14.1. The molecule has 0 radical (unpaired) electrons. The zero-order valence-electron chi connectivity index (χ0n) is 12.7. The summed E-state index contributed by atoms with van der Waals surface area (Å²) in [5.74, 6) is 0.314. The van der Waals surface area contributed by atoms with E-state index in [-0.39, 0.29) is 11.5 Å². The third-order valence-electron chi connectivity index (χ3n) is 3.92. The zero-order chi connectivity index (χ0) is 15.7. The number of fused-ring (bicyclic) bond motifs is 3. The van der Waals surface area contributed by atoms with Gasteiger partial charge in [-0.25, -0.2) is 4.98 Å². The van der Waals surface area contributed by atoms with Crippen LogP contribution in [0.5, 0.6) is 0 Å². The molecule has 2 heterocycles. The molecule has 0 saturated heterocycles. The molecule has 0 amide bonds. The lowest BCUT2D eigenvalue weighted by Crippen LogP contribution is -2.20. The molecule has 0 fully saturated rings. The predicted molar refractivity (Wildman–Crippen MR) is 88.9 cm³/mol. The number of hydrogen-bond acceptors (Lipinski definition) is 6. The van der Waals surface area contributed by atoms with Gasteiger partial charge < -0.3 is 4.74 Å². The van der Waals surface area contributed by atoms with Crippen molar-refractivity contribution in [1.82, 2.24) is 9.55 Å². The molecule has 1 aliphatic rings. The number of aryl methyl sites for hydroxylation is 2. The van der Waals surface area contributed by atoms with E-state index in [4.69, 9.17) is 0 Å². The fourth-order valence-corrected chi connectivity index (χ4v) is 4.92. The molecular formula is C15H18N2O3S2. The highest BCUT2D eigenvalue weighted by Gasteiger charge is 2.21. The molecule has 5 nitrogen and oxygen atoms in total. The Morgan fingerprint density at radius 2 is 2.18 bits per heavy atom. The predicted octanol–water partition coefficient (Wildman–Crippen LogP) is 2.53. The summed E-state index contributed by atoms with van der Waals surface area (Å²) in [6, 6.07) is 0. The fourth-order valence-electron chi connectivity index (χ4n) is 2.72. The van der Waals surface area contributed by atoms with Crippen LogP contribution in [0.15, 0.2) is 9.95 Å². The Morgan fingerprint density at radius 3 is 2.95 bits per heavy atom. The highest BCUT2D eigenvalue weighted by atomic mass is 32.2. The first-order valence-corrected chi connectivity index (χ1v) is 9.13. The molecule has 118 valence electrons. The minimum Gasteiger partial charge on any atom is -0.469 e. The summed E-state index contributed by atoms with van der Waals surface area (Å²) in [7, 11) is 3.13. The highest BCUT2D eigenvalue weighted by molar-refractivity contribution is 7.99. The van der Waals surface area contributed by atoms with Crippen molar-refractivity contribution < 1.29 is 9.53 Å². The number of methoxy groups -OCH3 is 1. The van der Waals surface area contributed by atoms with Crippen LogP contribution in [0.25, 0.3) is 10.2 Å². The minimum absolute atomic E-state index is 0.0324. The maximum Gasteiger partial charge on any atom is 0.306 e.